The predicted molar refractivity (Wildman–Crippen MR) is 78.7 cm³/mol. The van der Waals surface area contributed by atoms with Gasteiger partial charge in [0.15, 0.2) is 0 Å². The van der Waals surface area contributed by atoms with Crippen molar-refractivity contribution in [3.05, 3.63) is 24.0 Å². The molecule has 106 valence electrons. The van der Waals surface area contributed by atoms with Crippen LogP contribution in [0.25, 0.3) is 0 Å². The van der Waals surface area contributed by atoms with Crippen molar-refractivity contribution in [2.75, 3.05) is 38.3 Å². The molecule has 0 aromatic carbocycles. The van der Waals surface area contributed by atoms with Gasteiger partial charge >= 0.3 is 0 Å². The summed E-state index contributed by atoms with van der Waals surface area (Å²) in [5.41, 5.74) is 2.40. The van der Waals surface area contributed by atoms with E-state index < -0.39 is 0 Å². The van der Waals surface area contributed by atoms with Crippen LogP contribution in [0, 0.1) is 6.92 Å². The quantitative estimate of drug-likeness (QED) is 0.796. The molecule has 0 amide bonds. The second-order valence-corrected chi connectivity index (χ2v) is 5.20. The van der Waals surface area contributed by atoms with Crippen molar-refractivity contribution in [2.45, 2.75) is 32.2 Å². The molecule has 4 nitrogen and oxygen atoms in total. The van der Waals surface area contributed by atoms with Crippen LogP contribution >= 0.6 is 0 Å². The number of hydrogen-bond donors (Lipinski definition) is 1. The molecule has 0 bridgehead atoms. The summed E-state index contributed by atoms with van der Waals surface area (Å²) < 4.78 is 5.07. The number of methoxy groups -OCH3 is 1. The number of aromatic nitrogens is 1. The fourth-order valence-corrected chi connectivity index (χ4v) is 2.70. The number of hydrogen-bond acceptors (Lipinski definition) is 4. The Bertz CT molecular complexity index is 383. The van der Waals surface area contributed by atoms with Gasteiger partial charge in [0.05, 0.1) is 6.61 Å². The van der Waals surface area contributed by atoms with Crippen LogP contribution in [0.1, 0.15) is 25.0 Å². The Morgan fingerprint density at radius 1 is 1.47 bits per heavy atom. The van der Waals surface area contributed by atoms with E-state index in [1.54, 1.807) is 7.11 Å². The summed E-state index contributed by atoms with van der Waals surface area (Å²) in [5, 5.41) is 3.49. The van der Waals surface area contributed by atoms with Crippen LogP contribution in [-0.2, 0) is 4.74 Å². The highest BCUT2D eigenvalue weighted by molar-refractivity contribution is 5.48. The molecule has 2 heterocycles. The van der Waals surface area contributed by atoms with Crippen molar-refractivity contribution in [3.63, 3.8) is 0 Å². The lowest BCUT2D eigenvalue weighted by molar-refractivity contribution is 0.198. The van der Waals surface area contributed by atoms with Crippen LogP contribution in [0.5, 0.6) is 0 Å². The molecule has 1 fully saturated rings. The number of aryl methyl sites for hydroxylation is 1. The summed E-state index contributed by atoms with van der Waals surface area (Å²) in [6, 6.07) is 4.90. The first-order valence-electron chi connectivity index (χ1n) is 7.20. The number of anilines is 1. The Kier molecular flexibility index (Phi) is 5.61. The van der Waals surface area contributed by atoms with Crippen LogP contribution in [0.4, 0.5) is 5.69 Å². The van der Waals surface area contributed by atoms with Gasteiger partial charge in [0, 0.05) is 50.4 Å². The summed E-state index contributed by atoms with van der Waals surface area (Å²) >= 11 is 0. The molecule has 19 heavy (non-hydrogen) atoms. The number of pyridine rings is 1. The van der Waals surface area contributed by atoms with Crippen molar-refractivity contribution in [1.29, 1.82) is 0 Å². The monoisotopic (exact) mass is 263 g/mol. The molecule has 0 aliphatic carbocycles. The van der Waals surface area contributed by atoms with Gasteiger partial charge in [0.25, 0.3) is 0 Å². The first-order chi connectivity index (χ1) is 9.31. The average Bonchev–Trinajstić information content (AvgIpc) is 2.44. The molecule has 1 saturated heterocycles. The van der Waals surface area contributed by atoms with Gasteiger partial charge in [0.1, 0.15) is 0 Å². The highest BCUT2D eigenvalue weighted by atomic mass is 16.5. The molecule has 0 radical (unpaired) electrons. The van der Waals surface area contributed by atoms with Crippen molar-refractivity contribution in [1.82, 2.24) is 10.3 Å². The molecule has 1 unspecified atom stereocenters. The summed E-state index contributed by atoms with van der Waals surface area (Å²) in [5.74, 6) is 0. The van der Waals surface area contributed by atoms with Crippen LogP contribution in [0.15, 0.2) is 18.3 Å². The van der Waals surface area contributed by atoms with Crippen molar-refractivity contribution in [3.8, 4) is 0 Å². The van der Waals surface area contributed by atoms with E-state index in [9.17, 15) is 0 Å². The maximum absolute atomic E-state index is 5.07. The Morgan fingerprint density at radius 3 is 3.16 bits per heavy atom. The normalized spacial score (nSPS) is 19.7. The van der Waals surface area contributed by atoms with E-state index in [4.69, 9.17) is 4.74 Å². The van der Waals surface area contributed by atoms with Gasteiger partial charge in [-0.05, 0) is 38.3 Å². The fourth-order valence-electron chi connectivity index (χ4n) is 2.70. The Balaban J connectivity index is 1.95. The third-order valence-electron chi connectivity index (χ3n) is 3.70. The molecule has 4 heteroatoms. The van der Waals surface area contributed by atoms with Gasteiger partial charge in [0.2, 0.25) is 0 Å². The second-order valence-electron chi connectivity index (χ2n) is 5.20. The zero-order valence-corrected chi connectivity index (χ0v) is 12.1. The third-order valence-corrected chi connectivity index (χ3v) is 3.70. The number of nitrogens with one attached hydrogen (secondary N) is 1. The van der Waals surface area contributed by atoms with Gasteiger partial charge in [-0.15, -0.1) is 0 Å². The highest BCUT2D eigenvalue weighted by Crippen LogP contribution is 2.24. The number of piperidine rings is 1. The molecule has 0 spiro atoms. The molecule has 0 saturated carbocycles. The van der Waals surface area contributed by atoms with E-state index >= 15 is 0 Å². The minimum atomic E-state index is 0.590. The molecule has 1 aliphatic rings. The zero-order chi connectivity index (χ0) is 13.5. The van der Waals surface area contributed by atoms with Crippen LogP contribution in [0.2, 0.25) is 0 Å². The lowest BCUT2D eigenvalue weighted by Gasteiger charge is -2.38. The Morgan fingerprint density at radius 2 is 2.37 bits per heavy atom. The van der Waals surface area contributed by atoms with Gasteiger partial charge in [-0.1, -0.05) is 0 Å². The minimum absolute atomic E-state index is 0.590. The van der Waals surface area contributed by atoms with Crippen LogP contribution in [0.3, 0.4) is 0 Å². The van der Waals surface area contributed by atoms with E-state index in [0.29, 0.717) is 6.04 Å². The lowest BCUT2D eigenvalue weighted by Crippen LogP contribution is -2.46. The van der Waals surface area contributed by atoms with E-state index in [0.717, 1.165) is 31.9 Å². The smallest absolute Gasteiger partial charge is 0.0587 e. The maximum Gasteiger partial charge on any atom is 0.0587 e. The minimum Gasteiger partial charge on any atom is -0.383 e. The first-order valence-corrected chi connectivity index (χ1v) is 7.20. The lowest BCUT2D eigenvalue weighted by atomic mass is 10.0. The second kappa shape index (κ2) is 7.46. The summed E-state index contributed by atoms with van der Waals surface area (Å²) in [6.45, 7) is 5.95. The molecule has 1 aliphatic heterocycles. The van der Waals surface area contributed by atoms with Crippen LogP contribution in [-0.4, -0.2) is 44.4 Å². The molecule has 2 rings (SSSR count). The number of nitrogens with zero attached hydrogens (tertiary/aromatic N) is 2. The van der Waals surface area contributed by atoms with E-state index in [1.807, 2.05) is 6.20 Å². The van der Waals surface area contributed by atoms with E-state index in [-0.39, 0.29) is 0 Å². The predicted octanol–water partition coefficient (Wildman–Crippen LogP) is 1.98. The summed E-state index contributed by atoms with van der Waals surface area (Å²) in [6.07, 6.45) is 5.79. The zero-order valence-electron chi connectivity index (χ0n) is 12.1. The standard InChI is InChI=1S/C15H25N3O/c1-13-11-14(6-7-17-13)18-9-4-3-5-15(18)12-16-8-10-19-2/h6-7,11,15-16H,3-5,8-10,12H2,1-2H3. The van der Waals surface area contributed by atoms with Crippen molar-refractivity contribution >= 4 is 5.69 Å². The van der Waals surface area contributed by atoms with Gasteiger partial charge in [-0.2, -0.15) is 0 Å². The van der Waals surface area contributed by atoms with E-state index in [2.05, 4.69) is 34.3 Å². The Hall–Kier alpha value is -1.13. The topological polar surface area (TPSA) is 37.4 Å². The van der Waals surface area contributed by atoms with Gasteiger partial charge in [-0.25, -0.2) is 0 Å². The molecule has 1 N–H and O–H groups in total. The third kappa shape index (κ3) is 4.18. The summed E-state index contributed by atoms with van der Waals surface area (Å²) in [7, 11) is 1.74. The maximum atomic E-state index is 5.07. The van der Waals surface area contributed by atoms with Crippen LogP contribution < -0.4 is 10.2 Å². The molecular formula is C15H25N3O. The van der Waals surface area contributed by atoms with Gasteiger partial charge in [-0.3, -0.25) is 4.98 Å². The SMILES string of the molecule is COCCNCC1CCCCN1c1ccnc(C)c1. The summed E-state index contributed by atoms with van der Waals surface area (Å²) in [4.78, 5) is 6.81. The average molecular weight is 263 g/mol. The number of ether oxygens (including phenoxy) is 1. The van der Waals surface area contributed by atoms with Crippen molar-refractivity contribution in [2.24, 2.45) is 0 Å². The largest absolute Gasteiger partial charge is 0.383 e. The first kappa shape index (κ1) is 14.3. The van der Waals surface area contributed by atoms with Crippen molar-refractivity contribution < 1.29 is 4.74 Å². The molecule has 1 aromatic heterocycles. The van der Waals surface area contributed by atoms with E-state index in [1.165, 1.54) is 24.9 Å². The van der Waals surface area contributed by atoms with Gasteiger partial charge < -0.3 is 15.0 Å². The Labute approximate surface area is 116 Å². The molecular weight excluding hydrogens is 238 g/mol. The highest BCUT2D eigenvalue weighted by Gasteiger charge is 2.22. The fraction of sp³-hybridized carbons (Fsp3) is 0.667. The molecule has 1 aromatic rings. The molecule has 1 atom stereocenters. The number of rotatable bonds is 6.